The van der Waals surface area contributed by atoms with Gasteiger partial charge in [0.15, 0.2) is 11.6 Å². The Balaban J connectivity index is 3.00. The van der Waals surface area contributed by atoms with E-state index in [9.17, 15) is 4.39 Å². The summed E-state index contributed by atoms with van der Waals surface area (Å²) in [5.41, 5.74) is 0.289. The summed E-state index contributed by atoms with van der Waals surface area (Å²) in [5.74, 6) is -1.09. The van der Waals surface area contributed by atoms with E-state index in [2.05, 4.69) is 9.99 Å². The molecule has 12 heavy (non-hydrogen) atoms. The van der Waals surface area contributed by atoms with Crippen molar-refractivity contribution in [3.8, 4) is 5.75 Å². The third kappa shape index (κ3) is 1.72. The standard InChI is InChI=1S/C8H8FNO2/c1-12-10-5-6-3-2-4-7(9)8(6)11/h2-5,11H,1H3/b10-5+. The molecule has 0 atom stereocenters. The second-order valence-electron chi connectivity index (χ2n) is 2.09. The molecule has 1 aromatic carbocycles. The molecule has 0 spiro atoms. The molecule has 0 aromatic heterocycles. The quantitative estimate of drug-likeness (QED) is 0.538. The van der Waals surface area contributed by atoms with E-state index in [0.717, 1.165) is 0 Å². The lowest BCUT2D eigenvalue weighted by molar-refractivity contribution is 0.215. The van der Waals surface area contributed by atoms with Crippen LogP contribution in [0.5, 0.6) is 5.75 Å². The molecule has 3 nitrogen and oxygen atoms in total. The van der Waals surface area contributed by atoms with Gasteiger partial charge in [0, 0.05) is 5.56 Å². The first-order chi connectivity index (χ1) is 5.75. The van der Waals surface area contributed by atoms with Crippen molar-refractivity contribution in [2.75, 3.05) is 7.11 Å². The van der Waals surface area contributed by atoms with E-state index in [1.54, 1.807) is 0 Å². The summed E-state index contributed by atoms with van der Waals surface area (Å²) in [6, 6.07) is 4.17. The van der Waals surface area contributed by atoms with Gasteiger partial charge in [-0.1, -0.05) is 11.2 Å². The van der Waals surface area contributed by atoms with Gasteiger partial charge in [-0.2, -0.15) is 0 Å². The molecule has 4 heteroatoms. The Bertz CT molecular complexity index is 299. The van der Waals surface area contributed by atoms with Crippen LogP contribution in [0.2, 0.25) is 0 Å². The number of aromatic hydroxyl groups is 1. The molecule has 0 saturated heterocycles. The van der Waals surface area contributed by atoms with Crippen molar-refractivity contribution in [2.24, 2.45) is 5.16 Å². The van der Waals surface area contributed by atoms with E-state index in [1.165, 1.54) is 31.5 Å². The van der Waals surface area contributed by atoms with Gasteiger partial charge in [-0.3, -0.25) is 0 Å². The Morgan fingerprint density at radius 3 is 3.00 bits per heavy atom. The number of halogens is 1. The smallest absolute Gasteiger partial charge is 0.165 e. The lowest BCUT2D eigenvalue weighted by Crippen LogP contribution is -1.85. The third-order valence-corrected chi connectivity index (χ3v) is 1.32. The Morgan fingerprint density at radius 1 is 1.58 bits per heavy atom. The highest BCUT2D eigenvalue weighted by Crippen LogP contribution is 2.18. The molecule has 0 fully saturated rings. The molecule has 0 saturated carbocycles. The molecule has 64 valence electrons. The van der Waals surface area contributed by atoms with Gasteiger partial charge >= 0.3 is 0 Å². The Labute approximate surface area is 69.1 Å². The molecular weight excluding hydrogens is 161 g/mol. The average molecular weight is 169 g/mol. The van der Waals surface area contributed by atoms with Crippen LogP contribution in [-0.2, 0) is 4.84 Å². The minimum absolute atomic E-state index is 0.289. The number of rotatable bonds is 2. The summed E-state index contributed by atoms with van der Waals surface area (Å²) in [4.78, 5) is 4.38. The molecule has 1 aromatic rings. The van der Waals surface area contributed by atoms with Crippen LogP contribution in [0, 0.1) is 5.82 Å². The van der Waals surface area contributed by atoms with Gasteiger partial charge in [-0.15, -0.1) is 0 Å². The average Bonchev–Trinajstić information content (AvgIpc) is 2.08. The van der Waals surface area contributed by atoms with Crippen molar-refractivity contribution in [2.45, 2.75) is 0 Å². The molecule has 0 amide bonds. The number of hydrogen-bond acceptors (Lipinski definition) is 3. The maximum atomic E-state index is 12.7. The Hall–Kier alpha value is -1.58. The zero-order valence-corrected chi connectivity index (χ0v) is 6.49. The molecule has 0 unspecified atom stereocenters. The first kappa shape index (κ1) is 8.52. The second-order valence-corrected chi connectivity index (χ2v) is 2.09. The van der Waals surface area contributed by atoms with E-state index >= 15 is 0 Å². The monoisotopic (exact) mass is 169 g/mol. The van der Waals surface area contributed by atoms with E-state index in [1.807, 2.05) is 0 Å². The van der Waals surface area contributed by atoms with E-state index < -0.39 is 11.6 Å². The highest BCUT2D eigenvalue weighted by atomic mass is 19.1. The molecule has 0 aliphatic heterocycles. The van der Waals surface area contributed by atoms with Crippen LogP contribution in [0.1, 0.15) is 5.56 Å². The molecule has 0 aliphatic rings. The molecular formula is C8H8FNO2. The van der Waals surface area contributed by atoms with Crippen LogP contribution in [0.15, 0.2) is 23.4 Å². The first-order valence-corrected chi connectivity index (χ1v) is 3.29. The molecule has 0 bridgehead atoms. The highest BCUT2D eigenvalue weighted by molar-refractivity contribution is 5.82. The molecule has 0 heterocycles. The number of nitrogens with zero attached hydrogens (tertiary/aromatic N) is 1. The van der Waals surface area contributed by atoms with E-state index in [-0.39, 0.29) is 5.56 Å². The van der Waals surface area contributed by atoms with Gasteiger partial charge in [0.2, 0.25) is 0 Å². The van der Waals surface area contributed by atoms with Crippen LogP contribution in [-0.4, -0.2) is 18.4 Å². The first-order valence-electron chi connectivity index (χ1n) is 3.29. The number of oxime groups is 1. The minimum Gasteiger partial charge on any atom is -0.504 e. The Kier molecular flexibility index (Phi) is 2.63. The maximum absolute atomic E-state index is 12.7. The van der Waals surface area contributed by atoms with Crippen molar-refractivity contribution in [3.05, 3.63) is 29.6 Å². The van der Waals surface area contributed by atoms with Crippen LogP contribution in [0.4, 0.5) is 4.39 Å². The maximum Gasteiger partial charge on any atom is 0.165 e. The predicted molar refractivity (Wildman–Crippen MR) is 42.7 cm³/mol. The normalized spacial score (nSPS) is 10.5. The zero-order valence-electron chi connectivity index (χ0n) is 6.49. The molecule has 0 aliphatic carbocycles. The predicted octanol–water partition coefficient (Wildman–Crippen LogP) is 1.51. The number of hydrogen-bond donors (Lipinski definition) is 1. The SMILES string of the molecule is CO/N=C/c1cccc(F)c1O. The molecule has 1 N–H and O–H groups in total. The van der Waals surface area contributed by atoms with Gasteiger partial charge in [-0.25, -0.2) is 4.39 Å². The summed E-state index contributed by atoms with van der Waals surface area (Å²) < 4.78 is 12.7. The summed E-state index contributed by atoms with van der Waals surface area (Å²) >= 11 is 0. The van der Waals surface area contributed by atoms with Gasteiger partial charge < -0.3 is 9.94 Å². The zero-order chi connectivity index (χ0) is 8.97. The van der Waals surface area contributed by atoms with Crippen LogP contribution >= 0.6 is 0 Å². The second kappa shape index (κ2) is 3.71. The van der Waals surface area contributed by atoms with Gasteiger partial charge in [0.25, 0.3) is 0 Å². The summed E-state index contributed by atoms with van der Waals surface area (Å²) in [7, 11) is 1.37. The van der Waals surface area contributed by atoms with Crippen molar-refractivity contribution in [3.63, 3.8) is 0 Å². The number of benzene rings is 1. The Morgan fingerprint density at radius 2 is 2.33 bits per heavy atom. The van der Waals surface area contributed by atoms with Crippen LogP contribution in [0.3, 0.4) is 0 Å². The van der Waals surface area contributed by atoms with Crippen molar-refractivity contribution in [1.29, 1.82) is 0 Å². The summed E-state index contributed by atoms with van der Waals surface area (Å²) in [6.45, 7) is 0. The molecule has 0 radical (unpaired) electrons. The van der Waals surface area contributed by atoms with E-state index in [4.69, 9.17) is 5.11 Å². The van der Waals surface area contributed by atoms with Crippen molar-refractivity contribution < 1.29 is 14.3 Å². The topological polar surface area (TPSA) is 41.8 Å². The number of para-hydroxylation sites is 1. The summed E-state index contributed by atoms with van der Waals surface area (Å²) in [5, 5.41) is 12.5. The minimum atomic E-state index is -0.671. The fourth-order valence-corrected chi connectivity index (χ4v) is 0.746. The van der Waals surface area contributed by atoms with Gasteiger partial charge in [0.05, 0.1) is 6.21 Å². The van der Waals surface area contributed by atoms with Gasteiger partial charge in [0.1, 0.15) is 7.11 Å². The lowest BCUT2D eigenvalue weighted by atomic mass is 10.2. The number of phenols is 1. The molecule has 1 rings (SSSR count). The van der Waals surface area contributed by atoms with Crippen LogP contribution < -0.4 is 0 Å². The number of phenolic OH excluding ortho intramolecular Hbond substituents is 1. The van der Waals surface area contributed by atoms with Gasteiger partial charge in [-0.05, 0) is 12.1 Å². The van der Waals surface area contributed by atoms with Crippen molar-refractivity contribution >= 4 is 6.21 Å². The van der Waals surface area contributed by atoms with Crippen molar-refractivity contribution in [1.82, 2.24) is 0 Å². The fourth-order valence-electron chi connectivity index (χ4n) is 0.746. The third-order valence-electron chi connectivity index (χ3n) is 1.32. The lowest BCUT2D eigenvalue weighted by Gasteiger charge is -1.97. The van der Waals surface area contributed by atoms with Crippen LogP contribution in [0.25, 0.3) is 0 Å². The largest absolute Gasteiger partial charge is 0.504 e. The summed E-state index contributed by atoms with van der Waals surface area (Å²) in [6.07, 6.45) is 1.23. The highest BCUT2D eigenvalue weighted by Gasteiger charge is 2.02. The van der Waals surface area contributed by atoms with E-state index in [0.29, 0.717) is 0 Å². The fraction of sp³-hybridized carbons (Fsp3) is 0.125.